The topological polar surface area (TPSA) is 119 Å². The Bertz CT molecular complexity index is 1230. The molecule has 0 saturated heterocycles. The standard InChI is InChI=1S/C24H31N5O4S2/c1-12-19(22-28-20-13(2)25-8-7-17(20)35-22)21(29-23(26-12)34-6)27-15-9-14(10-18(30)32-5)16(11-15)33-24(3,4)31/h7-8,14-16,31H,9-11H2,1-6H3,(H,26,27,29)/t14?,15?,16-/m0/s1. The Balaban J connectivity index is 1.68. The highest BCUT2D eigenvalue weighted by atomic mass is 32.2. The molecule has 1 saturated carbocycles. The van der Waals surface area contributed by atoms with Crippen molar-refractivity contribution in [2.24, 2.45) is 5.92 Å². The van der Waals surface area contributed by atoms with Gasteiger partial charge in [0.1, 0.15) is 16.3 Å². The Morgan fingerprint density at radius 2 is 2.03 bits per heavy atom. The Kier molecular flexibility index (Phi) is 7.60. The number of pyridine rings is 1. The predicted octanol–water partition coefficient (Wildman–Crippen LogP) is 4.35. The number of thioether (sulfide) groups is 1. The third kappa shape index (κ3) is 5.91. The van der Waals surface area contributed by atoms with Gasteiger partial charge < -0.3 is 19.9 Å². The maximum atomic E-state index is 12.0. The van der Waals surface area contributed by atoms with Gasteiger partial charge in [-0.05, 0) is 58.8 Å². The van der Waals surface area contributed by atoms with Crippen LogP contribution in [0.3, 0.4) is 0 Å². The summed E-state index contributed by atoms with van der Waals surface area (Å²) in [6.45, 7) is 7.12. The van der Waals surface area contributed by atoms with Crippen molar-refractivity contribution in [1.82, 2.24) is 19.9 Å². The molecule has 1 aliphatic carbocycles. The first-order valence-corrected chi connectivity index (χ1v) is 13.5. The van der Waals surface area contributed by atoms with E-state index >= 15 is 0 Å². The van der Waals surface area contributed by atoms with E-state index in [1.807, 2.05) is 26.2 Å². The number of esters is 1. The number of ether oxygens (including phenoxy) is 2. The largest absolute Gasteiger partial charge is 0.469 e. The van der Waals surface area contributed by atoms with Crippen molar-refractivity contribution in [3.05, 3.63) is 23.7 Å². The molecule has 9 nitrogen and oxygen atoms in total. The first-order valence-electron chi connectivity index (χ1n) is 11.5. The second-order valence-electron chi connectivity index (χ2n) is 9.24. The maximum absolute atomic E-state index is 12.0. The Hall–Kier alpha value is -2.34. The quantitative estimate of drug-likeness (QED) is 0.193. The van der Waals surface area contributed by atoms with E-state index in [-0.39, 0.29) is 30.5 Å². The normalized spacial score (nSPS) is 20.4. The van der Waals surface area contributed by atoms with Gasteiger partial charge in [-0.3, -0.25) is 9.78 Å². The van der Waals surface area contributed by atoms with Gasteiger partial charge in [0.25, 0.3) is 0 Å². The van der Waals surface area contributed by atoms with Crippen molar-refractivity contribution >= 4 is 45.1 Å². The van der Waals surface area contributed by atoms with Gasteiger partial charge in [-0.1, -0.05) is 11.8 Å². The number of nitrogens with one attached hydrogen (secondary N) is 1. The molecule has 0 aliphatic heterocycles. The average Bonchev–Trinajstić information content (AvgIpc) is 3.36. The smallest absolute Gasteiger partial charge is 0.305 e. The van der Waals surface area contributed by atoms with Crippen LogP contribution in [0, 0.1) is 19.8 Å². The van der Waals surface area contributed by atoms with E-state index in [0.717, 1.165) is 32.2 Å². The van der Waals surface area contributed by atoms with Crippen LogP contribution in [0.15, 0.2) is 17.4 Å². The molecule has 3 atom stereocenters. The Morgan fingerprint density at radius 3 is 2.69 bits per heavy atom. The molecule has 2 N–H and O–H groups in total. The lowest BCUT2D eigenvalue weighted by Crippen LogP contribution is -2.33. The van der Waals surface area contributed by atoms with E-state index in [1.165, 1.54) is 18.9 Å². The number of fused-ring (bicyclic) bond motifs is 1. The Labute approximate surface area is 213 Å². The van der Waals surface area contributed by atoms with E-state index < -0.39 is 5.79 Å². The van der Waals surface area contributed by atoms with Crippen LogP contribution in [0.2, 0.25) is 0 Å². The molecule has 2 unspecified atom stereocenters. The summed E-state index contributed by atoms with van der Waals surface area (Å²) in [5, 5.41) is 15.3. The molecule has 188 valence electrons. The summed E-state index contributed by atoms with van der Waals surface area (Å²) in [6.07, 6.45) is 4.96. The minimum absolute atomic E-state index is 0.0162. The molecule has 4 rings (SSSR count). The number of rotatable bonds is 8. The van der Waals surface area contributed by atoms with Gasteiger partial charge in [-0.25, -0.2) is 15.0 Å². The van der Waals surface area contributed by atoms with E-state index in [2.05, 4.69) is 15.3 Å². The SMILES string of the molecule is COC(=O)CC1CC(Nc2nc(SC)nc(C)c2-c2nc3c(C)nccc3s2)C[C@@H]1OC(C)(C)O. The number of aromatic nitrogens is 4. The number of hydrogen-bond donors (Lipinski definition) is 2. The fourth-order valence-corrected chi connectivity index (χ4v) is 6.03. The zero-order valence-electron chi connectivity index (χ0n) is 20.8. The summed E-state index contributed by atoms with van der Waals surface area (Å²) in [6, 6.07) is 1.95. The summed E-state index contributed by atoms with van der Waals surface area (Å²) in [7, 11) is 1.38. The molecule has 0 aromatic carbocycles. The van der Waals surface area contributed by atoms with Crippen molar-refractivity contribution in [3.63, 3.8) is 0 Å². The highest BCUT2D eigenvalue weighted by Crippen LogP contribution is 2.40. The molecule has 0 amide bonds. The van der Waals surface area contributed by atoms with Gasteiger partial charge in [-0.2, -0.15) is 0 Å². The summed E-state index contributed by atoms with van der Waals surface area (Å²) < 4.78 is 11.9. The van der Waals surface area contributed by atoms with Crippen molar-refractivity contribution in [2.45, 2.75) is 70.0 Å². The van der Waals surface area contributed by atoms with Crippen molar-refractivity contribution < 1.29 is 19.4 Å². The fourth-order valence-electron chi connectivity index (χ4n) is 4.51. The molecule has 0 radical (unpaired) electrons. The maximum Gasteiger partial charge on any atom is 0.305 e. The molecule has 0 spiro atoms. The third-order valence-corrected chi connectivity index (χ3v) is 7.61. The van der Waals surface area contributed by atoms with Crippen molar-refractivity contribution in [1.29, 1.82) is 0 Å². The summed E-state index contributed by atoms with van der Waals surface area (Å²) in [5.41, 5.74) is 3.46. The highest BCUT2D eigenvalue weighted by molar-refractivity contribution is 7.98. The molecule has 11 heteroatoms. The number of aryl methyl sites for hydroxylation is 2. The van der Waals surface area contributed by atoms with Gasteiger partial charge in [0.2, 0.25) is 0 Å². The molecule has 35 heavy (non-hydrogen) atoms. The molecular weight excluding hydrogens is 486 g/mol. The highest BCUT2D eigenvalue weighted by Gasteiger charge is 2.39. The lowest BCUT2D eigenvalue weighted by atomic mass is 10.0. The number of carbonyl (C=O) groups excluding carboxylic acids is 1. The predicted molar refractivity (Wildman–Crippen MR) is 138 cm³/mol. The molecule has 3 aromatic rings. The van der Waals surface area contributed by atoms with Crippen LogP contribution in [-0.2, 0) is 14.3 Å². The zero-order chi connectivity index (χ0) is 25.3. The number of methoxy groups -OCH3 is 1. The molecule has 3 aromatic heterocycles. The number of thiazole rings is 1. The lowest BCUT2D eigenvalue weighted by molar-refractivity contribution is -0.213. The van der Waals surface area contributed by atoms with Crippen LogP contribution in [0.4, 0.5) is 5.82 Å². The van der Waals surface area contributed by atoms with E-state index in [1.54, 1.807) is 31.4 Å². The van der Waals surface area contributed by atoms with Gasteiger partial charge in [0.05, 0.1) is 41.3 Å². The lowest BCUT2D eigenvalue weighted by Gasteiger charge is -2.27. The number of nitrogens with zero attached hydrogens (tertiary/aromatic N) is 4. The molecule has 1 fully saturated rings. The van der Waals surface area contributed by atoms with Crippen LogP contribution in [0.1, 0.15) is 44.5 Å². The minimum Gasteiger partial charge on any atom is -0.469 e. The summed E-state index contributed by atoms with van der Waals surface area (Å²) in [5.74, 6) is -0.975. The van der Waals surface area contributed by atoms with Gasteiger partial charge in [-0.15, -0.1) is 11.3 Å². The van der Waals surface area contributed by atoms with Crippen LogP contribution >= 0.6 is 23.1 Å². The van der Waals surface area contributed by atoms with Crippen LogP contribution in [-0.4, -0.2) is 62.3 Å². The van der Waals surface area contributed by atoms with Crippen molar-refractivity contribution in [2.75, 3.05) is 18.7 Å². The minimum atomic E-state index is -1.30. The molecule has 1 aliphatic rings. The zero-order valence-corrected chi connectivity index (χ0v) is 22.4. The first-order chi connectivity index (χ1) is 16.6. The number of aliphatic hydroxyl groups is 1. The third-order valence-electron chi connectivity index (χ3n) is 6.02. The van der Waals surface area contributed by atoms with Gasteiger partial charge in [0, 0.05) is 12.2 Å². The second kappa shape index (κ2) is 10.3. The van der Waals surface area contributed by atoms with E-state index in [0.29, 0.717) is 23.8 Å². The number of hydrogen-bond acceptors (Lipinski definition) is 11. The van der Waals surface area contributed by atoms with Gasteiger partial charge in [0.15, 0.2) is 10.9 Å². The van der Waals surface area contributed by atoms with Crippen LogP contribution < -0.4 is 5.32 Å². The Morgan fingerprint density at radius 1 is 1.26 bits per heavy atom. The van der Waals surface area contributed by atoms with Crippen LogP contribution in [0.5, 0.6) is 0 Å². The van der Waals surface area contributed by atoms with Crippen molar-refractivity contribution in [3.8, 4) is 10.6 Å². The number of carbonyl (C=O) groups is 1. The average molecular weight is 518 g/mol. The van der Waals surface area contributed by atoms with E-state index in [9.17, 15) is 9.90 Å². The van der Waals surface area contributed by atoms with E-state index in [4.69, 9.17) is 19.4 Å². The van der Waals surface area contributed by atoms with Gasteiger partial charge >= 0.3 is 5.97 Å². The monoisotopic (exact) mass is 517 g/mol. The first kappa shape index (κ1) is 25.7. The second-order valence-corrected chi connectivity index (χ2v) is 11.0. The molecular formula is C24H31N5O4S2. The number of anilines is 1. The fraction of sp³-hybridized carbons (Fsp3) is 0.542. The van der Waals surface area contributed by atoms with Crippen LogP contribution in [0.25, 0.3) is 20.8 Å². The molecule has 3 heterocycles. The molecule has 0 bridgehead atoms. The summed E-state index contributed by atoms with van der Waals surface area (Å²) in [4.78, 5) is 30.7. The summed E-state index contributed by atoms with van der Waals surface area (Å²) >= 11 is 3.07.